The Hall–Kier alpha value is -0.760. The van der Waals surface area contributed by atoms with Gasteiger partial charge in [0.1, 0.15) is 5.82 Å². The zero-order chi connectivity index (χ0) is 8.43. The Morgan fingerprint density at radius 1 is 1.36 bits per heavy atom. The number of hydrogen-bond acceptors (Lipinski definition) is 1. The van der Waals surface area contributed by atoms with Gasteiger partial charge in [0.2, 0.25) is 0 Å². The summed E-state index contributed by atoms with van der Waals surface area (Å²) in [6.07, 6.45) is 0. The molecule has 0 aliphatic rings. The van der Waals surface area contributed by atoms with Crippen molar-refractivity contribution >= 4 is 17.3 Å². The minimum absolute atomic E-state index is 0.305. The molecular formula is C8H9ClFN. The van der Waals surface area contributed by atoms with Gasteiger partial charge in [0.05, 0.1) is 10.7 Å². The molecule has 0 aromatic heterocycles. The molecule has 0 atom stereocenters. The fourth-order valence-corrected chi connectivity index (χ4v) is 1.18. The quantitative estimate of drug-likeness (QED) is 0.631. The lowest BCUT2D eigenvalue weighted by atomic mass is 10.3. The van der Waals surface area contributed by atoms with Crippen LogP contribution in [0.5, 0.6) is 0 Å². The van der Waals surface area contributed by atoms with Crippen molar-refractivity contribution < 1.29 is 4.39 Å². The highest BCUT2D eigenvalue weighted by Crippen LogP contribution is 2.24. The average Bonchev–Trinajstić information content (AvgIpc) is 1.85. The lowest BCUT2D eigenvalue weighted by Crippen LogP contribution is -2.08. The van der Waals surface area contributed by atoms with E-state index in [0.29, 0.717) is 5.02 Å². The summed E-state index contributed by atoms with van der Waals surface area (Å²) >= 11 is 5.74. The van der Waals surface area contributed by atoms with E-state index in [1.54, 1.807) is 6.07 Å². The molecule has 0 fully saturated rings. The molecule has 1 nitrogen and oxygen atoms in total. The van der Waals surface area contributed by atoms with Crippen LogP contribution in [-0.2, 0) is 0 Å². The zero-order valence-electron chi connectivity index (χ0n) is 6.44. The van der Waals surface area contributed by atoms with E-state index in [-0.39, 0.29) is 5.82 Å². The predicted octanol–water partition coefficient (Wildman–Crippen LogP) is 2.55. The van der Waals surface area contributed by atoms with E-state index in [0.717, 1.165) is 5.69 Å². The van der Waals surface area contributed by atoms with Crippen molar-refractivity contribution in [2.45, 2.75) is 0 Å². The van der Waals surface area contributed by atoms with Gasteiger partial charge in [-0.25, -0.2) is 4.39 Å². The molecule has 0 spiro atoms. The lowest BCUT2D eigenvalue weighted by molar-refractivity contribution is 0.628. The molecule has 3 heteroatoms. The van der Waals surface area contributed by atoms with Gasteiger partial charge in [0, 0.05) is 14.1 Å². The number of nitrogens with zero attached hydrogens (tertiary/aromatic N) is 1. The number of hydrogen-bond donors (Lipinski definition) is 0. The third kappa shape index (κ3) is 1.84. The Morgan fingerprint density at radius 2 is 2.00 bits per heavy atom. The molecule has 1 aromatic carbocycles. The van der Waals surface area contributed by atoms with Crippen LogP contribution in [-0.4, -0.2) is 14.1 Å². The second kappa shape index (κ2) is 3.09. The topological polar surface area (TPSA) is 3.24 Å². The Morgan fingerprint density at radius 3 is 2.45 bits per heavy atom. The van der Waals surface area contributed by atoms with Crippen molar-refractivity contribution in [3.8, 4) is 0 Å². The molecule has 60 valence electrons. The number of rotatable bonds is 1. The fourth-order valence-electron chi connectivity index (χ4n) is 0.844. The van der Waals surface area contributed by atoms with Gasteiger partial charge >= 0.3 is 0 Å². The third-order valence-electron chi connectivity index (χ3n) is 1.39. The zero-order valence-corrected chi connectivity index (χ0v) is 7.19. The maximum absolute atomic E-state index is 12.5. The summed E-state index contributed by atoms with van der Waals surface area (Å²) < 4.78 is 12.5. The van der Waals surface area contributed by atoms with E-state index < -0.39 is 0 Å². The Bertz CT molecular complexity index is 260. The molecule has 11 heavy (non-hydrogen) atoms. The molecule has 0 bridgehead atoms. The van der Waals surface area contributed by atoms with Crippen LogP contribution in [0.4, 0.5) is 10.1 Å². The minimum atomic E-state index is -0.305. The van der Waals surface area contributed by atoms with E-state index in [2.05, 4.69) is 0 Å². The summed E-state index contributed by atoms with van der Waals surface area (Å²) in [5, 5.41) is 0.440. The molecular weight excluding hydrogens is 165 g/mol. The van der Waals surface area contributed by atoms with Gasteiger partial charge in [-0.05, 0) is 18.2 Å². The van der Waals surface area contributed by atoms with Crippen molar-refractivity contribution in [1.29, 1.82) is 0 Å². The summed E-state index contributed by atoms with van der Waals surface area (Å²) in [5.41, 5.74) is 0.827. The van der Waals surface area contributed by atoms with Crippen LogP contribution in [0.2, 0.25) is 5.02 Å². The molecule has 0 saturated carbocycles. The lowest BCUT2D eigenvalue weighted by Gasteiger charge is -2.13. The van der Waals surface area contributed by atoms with Gasteiger partial charge in [-0.3, -0.25) is 0 Å². The van der Waals surface area contributed by atoms with E-state index in [1.807, 2.05) is 19.0 Å². The highest BCUT2D eigenvalue weighted by molar-refractivity contribution is 6.33. The van der Waals surface area contributed by atoms with E-state index in [1.165, 1.54) is 12.1 Å². The molecule has 0 amide bonds. The SMILES string of the molecule is CN(C)c1ccc(F)cc1Cl. The normalized spacial score (nSPS) is 9.82. The highest BCUT2D eigenvalue weighted by atomic mass is 35.5. The van der Waals surface area contributed by atoms with E-state index in [9.17, 15) is 4.39 Å². The Labute approximate surface area is 70.4 Å². The molecule has 1 aromatic rings. The van der Waals surface area contributed by atoms with Crippen LogP contribution in [0.3, 0.4) is 0 Å². The summed E-state index contributed by atoms with van der Waals surface area (Å²) in [7, 11) is 3.72. The summed E-state index contributed by atoms with van der Waals surface area (Å²) in [6, 6.07) is 4.34. The first-order valence-electron chi connectivity index (χ1n) is 3.23. The molecule has 1 rings (SSSR count). The maximum atomic E-state index is 12.5. The molecule has 0 radical (unpaired) electrons. The van der Waals surface area contributed by atoms with Crippen LogP contribution in [0, 0.1) is 5.82 Å². The molecule has 0 saturated heterocycles. The van der Waals surface area contributed by atoms with Crippen molar-refractivity contribution in [3.05, 3.63) is 29.0 Å². The first-order valence-corrected chi connectivity index (χ1v) is 3.61. The van der Waals surface area contributed by atoms with Crippen molar-refractivity contribution in [2.24, 2.45) is 0 Å². The predicted molar refractivity (Wildman–Crippen MR) is 45.7 cm³/mol. The van der Waals surface area contributed by atoms with Gasteiger partial charge in [-0.2, -0.15) is 0 Å². The van der Waals surface area contributed by atoms with Gasteiger partial charge < -0.3 is 4.90 Å². The number of halogens is 2. The van der Waals surface area contributed by atoms with Crippen LogP contribution >= 0.6 is 11.6 Å². The minimum Gasteiger partial charge on any atom is -0.376 e. The fraction of sp³-hybridized carbons (Fsp3) is 0.250. The average molecular weight is 174 g/mol. The van der Waals surface area contributed by atoms with Crippen LogP contribution in [0.15, 0.2) is 18.2 Å². The number of anilines is 1. The summed E-state index contributed by atoms with van der Waals surface area (Å²) in [5.74, 6) is -0.305. The monoisotopic (exact) mass is 173 g/mol. The molecule has 0 aliphatic carbocycles. The van der Waals surface area contributed by atoms with Crippen molar-refractivity contribution in [3.63, 3.8) is 0 Å². The third-order valence-corrected chi connectivity index (χ3v) is 1.69. The smallest absolute Gasteiger partial charge is 0.124 e. The first-order chi connectivity index (χ1) is 5.11. The van der Waals surface area contributed by atoms with E-state index >= 15 is 0 Å². The molecule has 0 unspecified atom stereocenters. The molecule has 0 heterocycles. The standard InChI is InChI=1S/C8H9ClFN/c1-11(2)8-4-3-6(10)5-7(8)9/h3-5H,1-2H3. The van der Waals surface area contributed by atoms with Gasteiger partial charge in [0.15, 0.2) is 0 Å². The second-order valence-corrected chi connectivity index (χ2v) is 2.90. The number of benzene rings is 1. The summed E-state index contributed by atoms with van der Waals surface area (Å²) in [6.45, 7) is 0. The van der Waals surface area contributed by atoms with Crippen LogP contribution in [0.25, 0.3) is 0 Å². The van der Waals surface area contributed by atoms with Crippen molar-refractivity contribution in [1.82, 2.24) is 0 Å². The van der Waals surface area contributed by atoms with Crippen LogP contribution in [0.1, 0.15) is 0 Å². The largest absolute Gasteiger partial charge is 0.376 e. The van der Waals surface area contributed by atoms with E-state index in [4.69, 9.17) is 11.6 Å². The summed E-state index contributed by atoms with van der Waals surface area (Å²) in [4.78, 5) is 1.84. The van der Waals surface area contributed by atoms with Crippen LogP contribution < -0.4 is 4.90 Å². The van der Waals surface area contributed by atoms with Gasteiger partial charge in [0.25, 0.3) is 0 Å². The molecule has 0 N–H and O–H groups in total. The highest BCUT2D eigenvalue weighted by Gasteiger charge is 2.01. The van der Waals surface area contributed by atoms with Crippen molar-refractivity contribution in [2.75, 3.05) is 19.0 Å². The Balaban J connectivity index is 3.09. The van der Waals surface area contributed by atoms with Gasteiger partial charge in [-0.15, -0.1) is 0 Å². The first kappa shape index (κ1) is 8.34. The maximum Gasteiger partial charge on any atom is 0.124 e. The second-order valence-electron chi connectivity index (χ2n) is 2.49. The Kier molecular flexibility index (Phi) is 2.35. The molecule has 0 aliphatic heterocycles. The van der Waals surface area contributed by atoms with Gasteiger partial charge in [-0.1, -0.05) is 11.6 Å².